The SMILES string of the molecule is CCOc1cccc(CNc2ccc(Cl)cc2)c1OC. The van der Waals surface area contributed by atoms with Crippen molar-refractivity contribution in [2.45, 2.75) is 13.5 Å². The van der Waals surface area contributed by atoms with Crippen LogP contribution in [-0.2, 0) is 6.54 Å². The van der Waals surface area contributed by atoms with E-state index in [0.29, 0.717) is 13.2 Å². The Morgan fingerprint density at radius 3 is 2.50 bits per heavy atom. The summed E-state index contributed by atoms with van der Waals surface area (Å²) in [5, 5.41) is 4.07. The van der Waals surface area contributed by atoms with E-state index in [1.54, 1.807) is 7.11 Å². The lowest BCUT2D eigenvalue weighted by Crippen LogP contribution is -2.03. The molecule has 0 aliphatic heterocycles. The van der Waals surface area contributed by atoms with Crippen LogP contribution >= 0.6 is 11.6 Å². The Morgan fingerprint density at radius 2 is 1.85 bits per heavy atom. The summed E-state index contributed by atoms with van der Waals surface area (Å²) in [6.45, 7) is 3.23. The Morgan fingerprint density at radius 1 is 1.10 bits per heavy atom. The Hall–Kier alpha value is -1.87. The van der Waals surface area contributed by atoms with Crippen molar-refractivity contribution in [3.63, 3.8) is 0 Å². The van der Waals surface area contributed by atoms with Gasteiger partial charge in [-0.1, -0.05) is 23.7 Å². The second-order valence-electron chi connectivity index (χ2n) is 4.24. The largest absolute Gasteiger partial charge is 0.493 e. The molecule has 2 aromatic rings. The van der Waals surface area contributed by atoms with Crippen LogP contribution in [0.25, 0.3) is 0 Å². The van der Waals surface area contributed by atoms with Gasteiger partial charge in [0.2, 0.25) is 0 Å². The smallest absolute Gasteiger partial charge is 0.165 e. The first-order valence-corrected chi connectivity index (χ1v) is 6.90. The van der Waals surface area contributed by atoms with Gasteiger partial charge in [0, 0.05) is 22.8 Å². The van der Waals surface area contributed by atoms with Crippen molar-refractivity contribution in [2.75, 3.05) is 19.0 Å². The fraction of sp³-hybridized carbons (Fsp3) is 0.250. The molecule has 0 aromatic heterocycles. The molecule has 0 unspecified atom stereocenters. The minimum Gasteiger partial charge on any atom is -0.493 e. The first-order chi connectivity index (χ1) is 9.74. The summed E-state index contributed by atoms with van der Waals surface area (Å²) in [6.07, 6.45) is 0. The number of hydrogen-bond acceptors (Lipinski definition) is 3. The van der Waals surface area contributed by atoms with E-state index in [1.807, 2.05) is 49.4 Å². The molecule has 4 heteroatoms. The summed E-state index contributed by atoms with van der Waals surface area (Å²) in [5.74, 6) is 1.54. The zero-order valence-electron chi connectivity index (χ0n) is 11.7. The molecule has 2 aromatic carbocycles. The number of nitrogens with one attached hydrogen (secondary N) is 1. The molecule has 0 radical (unpaired) electrons. The zero-order chi connectivity index (χ0) is 14.4. The van der Waals surface area contributed by atoms with Crippen molar-refractivity contribution in [1.82, 2.24) is 0 Å². The van der Waals surface area contributed by atoms with E-state index in [9.17, 15) is 0 Å². The van der Waals surface area contributed by atoms with Crippen molar-refractivity contribution in [1.29, 1.82) is 0 Å². The molecule has 0 aliphatic carbocycles. The number of halogens is 1. The number of hydrogen-bond donors (Lipinski definition) is 1. The first kappa shape index (κ1) is 14.5. The number of para-hydroxylation sites is 1. The number of benzene rings is 2. The lowest BCUT2D eigenvalue weighted by Gasteiger charge is -2.14. The Balaban J connectivity index is 2.12. The van der Waals surface area contributed by atoms with Crippen LogP contribution in [0.3, 0.4) is 0 Å². The van der Waals surface area contributed by atoms with Crippen LogP contribution in [-0.4, -0.2) is 13.7 Å². The molecule has 106 valence electrons. The van der Waals surface area contributed by atoms with Crippen molar-refractivity contribution in [3.05, 3.63) is 53.1 Å². The van der Waals surface area contributed by atoms with E-state index >= 15 is 0 Å². The van der Waals surface area contributed by atoms with Gasteiger partial charge < -0.3 is 14.8 Å². The molecule has 0 amide bonds. The molecule has 0 aliphatic rings. The lowest BCUT2D eigenvalue weighted by molar-refractivity contribution is 0.309. The predicted octanol–water partition coefficient (Wildman–Crippen LogP) is 4.36. The van der Waals surface area contributed by atoms with Gasteiger partial charge in [-0.3, -0.25) is 0 Å². The van der Waals surface area contributed by atoms with Gasteiger partial charge >= 0.3 is 0 Å². The summed E-state index contributed by atoms with van der Waals surface area (Å²) < 4.78 is 11.0. The van der Waals surface area contributed by atoms with Crippen molar-refractivity contribution < 1.29 is 9.47 Å². The highest BCUT2D eigenvalue weighted by atomic mass is 35.5. The van der Waals surface area contributed by atoms with Crippen LogP contribution in [0.2, 0.25) is 5.02 Å². The number of anilines is 1. The molecule has 1 N–H and O–H groups in total. The summed E-state index contributed by atoms with van der Waals surface area (Å²) in [5.41, 5.74) is 2.06. The third kappa shape index (κ3) is 3.58. The van der Waals surface area contributed by atoms with Gasteiger partial charge in [-0.05, 0) is 37.3 Å². The average Bonchev–Trinajstić information content (AvgIpc) is 2.47. The molecular formula is C16H18ClNO2. The van der Waals surface area contributed by atoms with Gasteiger partial charge in [-0.25, -0.2) is 0 Å². The Kier molecular flexibility index (Phi) is 5.13. The second kappa shape index (κ2) is 7.06. The van der Waals surface area contributed by atoms with E-state index in [1.165, 1.54) is 0 Å². The number of rotatable bonds is 6. The highest BCUT2D eigenvalue weighted by Crippen LogP contribution is 2.31. The average molecular weight is 292 g/mol. The molecule has 0 atom stereocenters. The van der Waals surface area contributed by atoms with Crippen LogP contribution in [0.15, 0.2) is 42.5 Å². The zero-order valence-corrected chi connectivity index (χ0v) is 12.4. The van der Waals surface area contributed by atoms with Gasteiger partial charge in [0.05, 0.1) is 13.7 Å². The maximum absolute atomic E-state index is 5.87. The minimum atomic E-state index is 0.616. The van der Waals surface area contributed by atoms with Crippen LogP contribution < -0.4 is 14.8 Å². The van der Waals surface area contributed by atoms with Gasteiger partial charge in [0.1, 0.15) is 0 Å². The Bertz CT molecular complexity index is 555. The monoisotopic (exact) mass is 291 g/mol. The predicted molar refractivity (Wildman–Crippen MR) is 82.9 cm³/mol. The van der Waals surface area contributed by atoms with Gasteiger partial charge in [0.15, 0.2) is 11.5 Å². The fourth-order valence-corrected chi connectivity index (χ4v) is 2.09. The lowest BCUT2D eigenvalue weighted by atomic mass is 10.1. The third-order valence-electron chi connectivity index (χ3n) is 2.89. The van der Waals surface area contributed by atoms with Crippen LogP contribution in [0.4, 0.5) is 5.69 Å². The molecule has 3 nitrogen and oxygen atoms in total. The molecule has 0 spiro atoms. The summed E-state index contributed by atoms with van der Waals surface area (Å²) in [4.78, 5) is 0. The molecule has 2 rings (SSSR count). The first-order valence-electron chi connectivity index (χ1n) is 6.52. The molecule has 0 saturated heterocycles. The quantitative estimate of drug-likeness (QED) is 0.858. The Labute approximate surface area is 124 Å². The summed E-state index contributed by atoms with van der Waals surface area (Å²) in [6, 6.07) is 13.5. The van der Waals surface area contributed by atoms with Crippen LogP contribution in [0.5, 0.6) is 11.5 Å². The molecule has 20 heavy (non-hydrogen) atoms. The summed E-state index contributed by atoms with van der Waals surface area (Å²) >= 11 is 5.87. The van der Waals surface area contributed by atoms with Gasteiger partial charge in [-0.15, -0.1) is 0 Å². The van der Waals surface area contributed by atoms with Crippen LogP contribution in [0, 0.1) is 0 Å². The van der Waals surface area contributed by atoms with Gasteiger partial charge in [-0.2, -0.15) is 0 Å². The molecule has 0 saturated carbocycles. The van der Waals surface area contributed by atoms with Crippen LogP contribution in [0.1, 0.15) is 12.5 Å². The van der Waals surface area contributed by atoms with E-state index in [-0.39, 0.29) is 0 Å². The van der Waals surface area contributed by atoms with Crippen molar-refractivity contribution >= 4 is 17.3 Å². The summed E-state index contributed by atoms with van der Waals surface area (Å²) in [7, 11) is 1.66. The third-order valence-corrected chi connectivity index (χ3v) is 3.14. The second-order valence-corrected chi connectivity index (χ2v) is 4.68. The molecule has 0 heterocycles. The molecule has 0 fully saturated rings. The van der Waals surface area contributed by atoms with E-state index < -0.39 is 0 Å². The van der Waals surface area contributed by atoms with Gasteiger partial charge in [0.25, 0.3) is 0 Å². The fourth-order valence-electron chi connectivity index (χ4n) is 1.97. The maximum Gasteiger partial charge on any atom is 0.165 e. The normalized spacial score (nSPS) is 10.2. The maximum atomic E-state index is 5.87. The minimum absolute atomic E-state index is 0.616. The van der Waals surface area contributed by atoms with Crippen molar-refractivity contribution in [3.8, 4) is 11.5 Å². The highest BCUT2D eigenvalue weighted by molar-refractivity contribution is 6.30. The van der Waals surface area contributed by atoms with E-state index in [4.69, 9.17) is 21.1 Å². The molecular weight excluding hydrogens is 274 g/mol. The van der Waals surface area contributed by atoms with E-state index in [0.717, 1.165) is 27.8 Å². The standard InChI is InChI=1S/C16H18ClNO2/c1-3-20-15-6-4-5-12(16(15)19-2)11-18-14-9-7-13(17)8-10-14/h4-10,18H,3,11H2,1-2H3. The van der Waals surface area contributed by atoms with Crippen molar-refractivity contribution in [2.24, 2.45) is 0 Å². The number of ether oxygens (including phenoxy) is 2. The highest BCUT2D eigenvalue weighted by Gasteiger charge is 2.09. The van der Waals surface area contributed by atoms with E-state index in [2.05, 4.69) is 5.32 Å². The topological polar surface area (TPSA) is 30.5 Å². The number of methoxy groups -OCH3 is 1. The molecule has 0 bridgehead atoms.